The minimum Gasteiger partial charge on any atom is -0.226 e. The average Bonchev–Trinajstić information content (AvgIpc) is 3.66. The summed E-state index contributed by atoms with van der Waals surface area (Å²) in [5, 5.41) is 1.15. The summed E-state index contributed by atoms with van der Waals surface area (Å²) in [5.41, 5.74) is 14.5. The highest BCUT2D eigenvalue weighted by atomic mass is 127. The maximum absolute atomic E-state index is 5.37. The fraction of sp³-hybridized carbons (Fsp3) is 0.0392. The molecule has 0 aliphatic carbocycles. The normalized spacial score (nSPS) is 12.8. The number of nitrogens with zero attached hydrogens (tertiary/aromatic N) is 4. The molecule has 0 radical (unpaired) electrons. The summed E-state index contributed by atoms with van der Waals surface area (Å²) in [6, 6.07) is 62.1. The molecule has 0 amide bonds. The third-order valence-electron chi connectivity index (χ3n) is 10.3. The number of aliphatic imine (C=N–C) groups is 2. The van der Waals surface area contributed by atoms with Crippen LogP contribution >= 0.6 is 32.1 Å². The Bertz CT molecular complexity index is 3040. The molecule has 1 aliphatic rings. The number of thiophene rings is 1. The SMILES string of the molecule is Cc1cc(C2=NC(c3ccccc3)=NC(c3ccccc3)=I2)ccc1-c1cc(-c2nc(-c3cccc(-c4ccccc4)c3)c3sc4ccccc4c3n2)ccc1C. The second kappa shape index (κ2) is 15.0. The van der Waals surface area contributed by atoms with Gasteiger partial charge in [0.25, 0.3) is 0 Å². The van der Waals surface area contributed by atoms with Crippen LogP contribution in [0.5, 0.6) is 0 Å². The monoisotopic (exact) mass is 862 g/mol. The first-order chi connectivity index (χ1) is 28.1. The van der Waals surface area contributed by atoms with E-state index < -0.39 is 20.7 Å². The van der Waals surface area contributed by atoms with Gasteiger partial charge in [-0.25, -0.2) is 20.0 Å². The van der Waals surface area contributed by atoms with Crippen molar-refractivity contribution < 1.29 is 0 Å². The molecule has 0 saturated heterocycles. The zero-order valence-electron chi connectivity index (χ0n) is 31.3. The van der Waals surface area contributed by atoms with Gasteiger partial charge in [0.05, 0.1) is 15.9 Å². The summed E-state index contributed by atoms with van der Waals surface area (Å²) in [5.74, 6) is 1.49. The number of hydrogen-bond acceptors (Lipinski definition) is 5. The van der Waals surface area contributed by atoms with Gasteiger partial charge in [0, 0.05) is 37.9 Å². The Morgan fingerprint density at radius 2 is 1.12 bits per heavy atom. The van der Waals surface area contributed by atoms with E-state index in [0.29, 0.717) is 0 Å². The molecule has 272 valence electrons. The predicted molar refractivity (Wildman–Crippen MR) is 250 cm³/mol. The van der Waals surface area contributed by atoms with Crippen LogP contribution < -0.4 is 0 Å². The highest BCUT2D eigenvalue weighted by Crippen LogP contribution is 2.41. The van der Waals surface area contributed by atoms with Crippen molar-refractivity contribution in [3.05, 3.63) is 204 Å². The maximum atomic E-state index is 5.37. The molecule has 0 bridgehead atoms. The summed E-state index contributed by atoms with van der Waals surface area (Å²) in [6.07, 6.45) is 0. The lowest BCUT2D eigenvalue weighted by molar-refractivity contribution is 1.24. The van der Waals surface area contributed by atoms with Crippen molar-refractivity contribution in [2.45, 2.75) is 13.8 Å². The highest BCUT2D eigenvalue weighted by molar-refractivity contribution is 14.2. The Labute approximate surface area is 345 Å². The molecule has 2 aromatic heterocycles. The molecule has 6 heteroatoms. The fourth-order valence-corrected chi connectivity index (χ4v) is 11.1. The van der Waals surface area contributed by atoms with E-state index in [1.54, 1.807) is 11.3 Å². The molecule has 1 aliphatic heterocycles. The van der Waals surface area contributed by atoms with Crippen LogP contribution in [0.3, 0.4) is 0 Å². The third-order valence-corrected chi connectivity index (χ3v) is 14.3. The third kappa shape index (κ3) is 6.85. The zero-order valence-corrected chi connectivity index (χ0v) is 34.3. The Kier molecular flexibility index (Phi) is 9.28. The van der Waals surface area contributed by atoms with Gasteiger partial charge in [-0.1, -0.05) is 152 Å². The van der Waals surface area contributed by atoms with Crippen LogP contribution in [0, 0.1) is 13.8 Å². The van der Waals surface area contributed by atoms with Crippen LogP contribution in [0.2, 0.25) is 0 Å². The predicted octanol–water partition coefficient (Wildman–Crippen LogP) is 13.5. The van der Waals surface area contributed by atoms with Crippen molar-refractivity contribution >= 4 is 65.6 Å². The summed E-state index contributed by atoms with van der Waals surface area (Å²) in [4.78, 5) is 21.0. The van der Waals surface area contributed by atoms with Crippen molar-refractivity contribution in [3.63, 3.8) is 0 Å². The number of aryl methyl sites for hydroxylation is 2. The van der Waals surface area contributed by atoms with Gasteiger partial charge in [-0.3, -0.25) is 0 Å². The van der Waals surface area contributed by atoms with E-state index in [1.165, 1.54) is 32.5 Å². The van der Waals surface area contributed by atoms with E-state index in [9.17, 15) is 0 Å². The zero-order chi connectivity index (χ0) is 38.3. The molecular weight excluding hydrogens is 828 g/mol. The topological polar surface area (TPSA) is 50.5 Å². The number of fused-ring (bicyclic) bond motifs is 3. The number of amidine groups is 1. The van der Waals surface area contributed by atoms with Gasteiger partial charge < -0.3 is 0 Å². The first-order valence-corrected chi connectivity index (χ1v) is 21.9. The number of rotatable bonds is 7. The smallest absolute Gasteiger partial charge is 0.161 e. The van der Waals surface area contributed by atoms with Gasteiger partial charge in [-0.05, 0) is 92.2 Å². The minimum absolute atomic E-state index is 0.613. The maximum Gasteiger partial charge on any atom is 0.161 e. The lowest BCUT2D eigenvalue weighted by Gasteiger charge is -2.16. The minimum atomic E-state index is -0.613. The first-order valence-electron chi connectivity index (χ1n) is 18.9. The summed E-state index contributed by atoms with van der Waals surface area (Å²) < 4.78 is 4.56. The van der Waals surface area contributed by atoms with Crippen LogP contribution in [0.15, 0.2) is 186 Å². The van der Waals surface area contributed by atoms with E-state index in [2.05, 4.69) is 172 Å². The van der Waals surface area contributed by atoms with Crippen LogP contribution in [0.1, 0.15) is 27.8 Å². The molecule has 4 nitrogen and oxygen atoms in total. The van der Waals surface area contributed by atoms with Gasteiger partial charge in [-0.2, -0.15) is 0 Å². The van der Waals surface area contributed by atoms with Crippen molar-refractivity contribution in [1.82, 2.24) is 9.97 Å². The second-order valence-electron chi connectivity index (χ2n) is 14.1. The quantitative estimate of drug-likeness (QED) is 0.150. The Morgan fingerprint density at radius 3 is 1.89 bits per heavy atom. The Morgan fingerprint density at radius 1 is 0.456 bits per heavy atom. The van der Waals surface area contributed by atoms with Crippen LogP contribution in [0.4, 0.5) is 0 Å². The van der Waals surface area contributed by atoms with Crippen molar-refractivity contribution in [3.8, 4) is 44.9 Å². The van der Waals surface area contributed by atoms with Crippen LogP contribution in [0.25, 0.3) is 65.2 Å². The summed E-state index contributed by atoms with van der Waals surface area (Å²) >= 11 is 1.15. The number of benzene rings is 7. The molecule has 0 N–H and O–H groups in total. The second-order valence-corrected chi connectivity index (χ2v) is 17.8. The number of aromatic nitrogens is 2. The molecule has 57 heavy (non-hydrogen) atoms. The van der Waals surface area contributed by atoms with Crippen LogP contribution in [-0.2, 0) is 0 Å². The van der Waals surface area contributed by atoms with E-state index in [1.807, 2.05) is 18.2 Å². The molecule has 0 atom stereocenters. The number of hydrogen-bond donors (Lipinski definition) is 0. The summed E-state index contributed by atoms with van der Waals surface area (Å²) in [6.45, 7) is 4.39. The van der Waals surface area contributed by atoms with Crippen molar-refractivity contribution in [2.75, 3.05) is 0 Å². The molecule has 3 heterocycles. The van der Waals surface area contributed by atoms with Crippen molar-refractivity contribution in [2.24, 2.45) is 9.98 Å². The van der Waals surface area contributed by atoms with E-state index >= 15 is 0 Å². The van der Waals surface area contributed by atoms with Crippen molar-refractivity contribution in [1.29, 1.82) is 0 Å². The standard InChI is InChI=1S/C51H35IN4S/c1-32-25-26-40(51-53-45(47-46(54-51)42-23-12-13-24-44(42)57-47)38-22-14-21-37(30-38)34-15-6-3-7-16-34)31-43(32)41-28-27-39(29-33(41)2)49-52-48(35-17-8-4-9-18-35)55-50(56-49)36-19-10-5-11-20-36/h3-31H,1-2H3. The van der Waals surface area contributed by atoms with Gasteiger partial charge >= 0.3 is 0 Å². The molecular formula is C51H35IN4S. The molecule has 7 aromatic carbocycles. The number of halogens is 1. The van der Waals surface area contributed by atoms with Crippen LogP contribution in [-0.4, -0.2) is 23.2 Å². The molecule has 9 aromatic rings. The lowest BCUT2D eigenvalue weighted by atomic mass is 9.93. The fourth-order valence-electron chi connectivity index (χ4n) is 7.41. The van der Waals surface area contributed by atoms with Gasteiger partial charge in [-0.15, -0.1) is 11.3 Å². The van der Waals surface area contributed by atoms with E-state index in [4.69, 9.17) is 20.0 Å². The Balaban J connectivity index is 1.07. The lowest BCUT2D eigenvalue weighted by Crippen LogP contribution is -2.11. The molecule has 0 saturated carbocycles. The summed E-state index contributed by atoms with van der Waals surface area (Å²) in [7, 11) is 0. The largest absolute Gasteiger partial charge is 0.226 e. The van der Waals surface area contributed by atoms with Gasteiger partial charge in [0.1, 0.15) is 7.35 Å². The molecule has 0 unspecified atom stereocenters. The highest BCUT2D eigenvalue weighted by Gasteiger charge is 2.20. The van der Waals surface area contributed by atoms with E-state index in [-0.39, 0.29) is 0 Å². The average molecular weight is 863 g/mol. The van der Waals surface area contributed by atoms with E-state index in [0.717, 1.165) is 73.7 Å². The first kappa shape index (κ1) is 35.2. The molecule has 10 rings (SSSR count). The molecule has 0 fully saturated rings. The van der Waals surface area contributed by atoms with Gasteiger partial charge in [0.15, 0.2) is 11.7 Å². The Hall–Kier alpha value is -6.22. The molecule has 0 spiro atoms. The van der Waals surface area contributed by atoms with Gasteiger partial charge in [0.2, 0.25) is 0 Å².